The van der Waals surface area contributed by atoms with E-state index < -0.39 is 0 Å². The number of carbonyl (C=O) groups excluding carboxylic acids is 1. The molecule has 0 aliphatic heterocycles. The van der Waals surface area contributed by atoms with Gasteiger partial charge in [0, 0.05) is 81.8 Å². The maximum absolute atomic E-state index is 10.8. The zero-order valence-corrected chi connectivity index (χ0v) is 44.5. The summed E-state index contributed by atoms with van der Waals surface area (Å²) in [4.78, 5) is 21.2. The molecule has 3 unspecified atom stereocenters. The number of thiophene rings is 1. The van der Waals surface area contributed by atoms with Crippen LogP contribution in [0.15, 0.2) is 204 Å². The van der Waals surface area contributed by atoms with Crippen molar-refractivity contribution < 1.29 is 35.4 Å². The lowest BCUT2D eigenvalue weighted by Gasteiger charge is -2.17. The second-order valence-electron chi connectivity index (χ2n) is 17.6. The van der Waals surface area contributed by atoms with E-state index in [4.69, 9.17) is 0 Å². The molecule has 0 amide bonds. The van der Waals surface area contributed by atoms with Crippen LogP contribution in [-0.4, -0.2) is 41.9 Å². The minimum Gasteiger partial charge on any atom is -0.508 e. The number of aldehydes is 1. The Balaban J connectivity index is 0.000000161. The van der Waals surface area contributed by atoms with Crippen LogP contribution in [0.2, 0.25) is 0 Å². The average molecular weight is 1040 g/mol. The van der Waals surface area contributed by atoms with Crippen molar-refractivity contribution in [1.29, 1.82) is 0 Å². The van der Waals surface area contributed by atoms with Gasteiger partial charge in [-0.05, 0) is 192 Å². The van der Waals surface area contributed by atoms with Crippen molar-refractivity contribution in [3.8, 4) is 34.5 Å². The summed E-state index contributed by atoms with van der Waals surface area (Å²) in [5.74, 6) is 2.00. The summed E-state index contributed by atoms with van der Waals surface area (Å²) in [5, 5.41) is 63.9. The molecule has 6 N–H and O–H groups in total. The molecule has 0 saturated heterocycles. The quantitative estimate of drug-likeness (QED) is 0.0612. The van der Waals surface area contributed by atoms with E-state index in [2.05, 4.69) is 41.7 Å². The first-order valence-corrected chi connectivity index (χ1v) is 26.8. The van der Waals surface area contributed by atoms with E-state index in [1.54, 1.807) is 108 Å². The molecule has 0 saturated carbocycles. The lowest BCUT2D eigenvalue weighted by molar-refractivity contribution is 0.112. The average Bonchev–Trinajstić information content (AvgIpc) is 3.95. The summed E-state index contributed by atoms with van der Waals surface area (Å²) in [7, 11) is 0. The molecule has 0 aliphatic rings. The van der Waals surface area contributed by atoms with E-state index in [0.29, 0.717) is 22.8 Å². The van der Waals surface area contributed by atoms with Gasteiger partial charge in [0.05, 0.1) is 0 Å². The molecule has 0 spiro atoms. The van der Waals surface area contributed by atoms with Crippen molar-refractivity contribution >= 4 is 52.9 Å². The van der Waals surface area contributed by atoms with Gasteiger partial charge in [-0.25, -0.2) is 0 Å². The molecule has 0 aliphatic carbocycles. The molecule has 2 heterocycles. The first kappa shape index (κ1) is 53.7. The second kappa shape index (κ2) is 25.0. The zero-order valence-electron chi connectivity index (χ0n) is 41.2. The predicted octanol–water partition coefficient (Wildman–Crippen LogP) is 16.4. The van der Waals surface area contributed by atoms with E-state index >= 15 is 0 Å². The number of nitrogens with zero attached hydrogens (tertiary/aromatic N) is 1. The van der Waals surface area contributed by atoms with Gasteiger partial charge in [0.25, 0.3) is 0 Å². The number of phenolic OH excluding ortho intramolecular Hbond substituents is 6. The number of hydrogen-bond donors (Lipinski definition) is 6. The van der Waals surface area contributed by atoms with Crippen molar-refractivity contribution in [3.63, 3.8) is 0 Å². The van der Waals surface area contributed by atoms with E-state index in [0.717, 1.165) is 80.2 Å². The third kappa shape index (κ3) is 14.3. The molecular formula is C61H57NO7S4. The zero-order chi connectivity index (χ0) is 52.2. The highest BCUT2D eigenvalue weighted by molar-refractivity contribution is 7.99. The number of phenols is 6. The third-order valence-corrected chi connectivity index (χ3v) is 16.0. The fourth-order valence-electron chi connectivity index (χ4n) is 8.01. The van der Waals surface area contributed by atoms with Crippen LogP contribution in [0.1, 0.15) is 99.0 Å². The Morgan fingerprint density at radius 1 is 0.425 bits per heavy atom. The summed E-state index contributed by atoms with van der Waals surface area (Å²) in [6, 6.07) is 46.8. The molecule has 8 nitrogen and oxygen atoms in total. The summed E-state index contributed by atoms with van der Waals surface area (Å²) in [5.41, 5.74) is 9.27. The van der Waals surface area contributed by atoms with Crippen LogP contribution in [0.4, 0.5) is 0 Å². The Labute approximate surface area is 444 Å². The van der Waals surface area contributed by atoms with Crippen LogP contribution in [0.3, 0.4) is 0 Å². The monoisotopic (exact) mass is 1040 g/mol. The second-order valence-corrected chi connectivity index (χ2v) is 21.8. The van der Waals surface area contributed by atoms with Gasteiger partial charge in [0.15, 0.2) is 0 Å². The van der Waals surface area contributed by atoms with Crippen LogP contribution in [0.25, 0.3) is 0 Å². The maximum Gasteiger partial charge on any atom is 0.150 e. The Kier molecular flexibility index (Phi) is 18.4. The van der Waals surface area contributed by atoms with Crippen molar-refractivity contribution in [2.24, 2.45) is 0 Å². The molecule has 3 atom stereocenters. The Morgan fingerprint density at radius 3 is 1.10 bits per heavy atom. The highest BCUT2D eigenvalue weighted by Crippen LogP contribution is 2.42. The van der Waals surface area contributed by atoms with Crippen LogP contribution in [-0.2, 0) is 0 Å². The van der Waals surface area contributed by atoms with Crippen molar-refractivity contribution in [3.05, 3.63) is 230 Å². The van der Waals surface area contributed by atoms with Gasteiger partial charge in [-0.15, -0.1) is 0 Å². The molecule has 0 bridgehead atoms. The van der Waals surface area contributed by atoms with Gasteiger partial charge >= 0.3 is 0 Å². The lowest BCUT2D eigenvalue weighted by atomic mass is 9.91. The first-order chi connectivity index (χ1) is 35.1. The van der Waals surface area contributed by atoms with Gasteiger partial charge in [-0.1, -0.05) is 80.3 Å². The van der Waals surface area contributed by atoms with Crippen LogP contribution in [0, 0.1) is 20.8 Å². The topological polar surface area (TPSA) is 151 Å². The van der Waals surface area contributed by atoms with Gasteiger partial charge in [0.1, 0.15) is 40.8 Å². The van der Waals surface area contributed by atoms with E-state index in [1.807, 2.05) is 119 Å². The van der Waals surface area contributed by atoms with Gasteiger partial charge in [0.2, 0.25) is 0 Å². The molecule has 9 aromatic rings. The molecule has 7 aromatic carbocycles. The predicted molar refractivity (Wildman–Crippen MR) is 298 cm³/mol. The number of benzene rings is 7. The van der Waals surface area contributed by atoms with Gasteiger partial charge < -0.3 is 30.6 Å². The van der Waals surface area contributed by atoms with Crippen LogP contribution >= 0.6 is 46.6 Å². The highest BCUT2D eigenvalue weighted by Gasteiger charge is 2.19. The van der Waals surface area contributed by atoms with E-state index in [9.17, 15) is 35.4 Å². The maximum atomic E-state index is 10.8. The number of aryl methyl sites for hydroxylation is 3. The smallest absolute Gasteiger partial charge is 0.150 e. The highest BCUT2D eigenvalue weighted by atomic mass is 32.2. The Morgan fingerprint density at radius 2 is 0.767 bits per heavy atom. The SMILES string of the molecule is Cc1cc(Sc2ccc(O)cc2)cc(C(C)c2ccc(C=O)cc2)c1O.Cc1cc(Sc2ccc(O)cc2)cc(C(C)c2ccncc2)c1O.Cc1cc(Sc2ccc(O)cc2)cc(C(C)c2ccsc2)c1O. The Bertz CT molecular complexity index is 3240. The van der Waals surface area contributed by atoms with E-state index in [-0.39, 0.29) is 35.0 Å². The minimum absolute atomic E-state index is 0.00484. The van der Waals surface area contributed by atoms with E-state index in [1.165, 1.54) is 5.56 Å². The van der Waals surface area contributed by atoms with Crippen molar-refractivity contribution in [2.45, 2.75) is 88.7 Å². The first-order valence-electron chi connectivity index (χ1n) is 23.4. The molecular weight excluding hydrogens is 987 g/mol. The number of rotatable bonds is 13. The fraction of sp³-hybridized carbons (Fsp3) is 0.148. The number of pyridine rings is 1. The molecule has 2 aromatic heterocycles. The molecule has 0 fully saturated rings. The van der Waals surface area contributed by atoms with Gasteiger partial charge in [-0.2, -0.15) is 11.3 Å². The fourth-order valence-corrected chi connectivity index (χ4v) is 11.7. The van der Waals surface area contributed by atoms with Crippen LogP contribution < -0.4 is 0 Å². The molecule has 372 valence electrons. The third-order valence-electron chi connectivity index (χ3n) is 12.3. The molecule has 0 radical (unpaired) electrons. The number of aromatic hydroxyl groups is 6. The van der Waals surface area contributed by atoms with Gasteiger partial charge in [-0.3, -0.25) is 9.78 Å². The van der Waals surface area contributed by atoms with Crippen molar-refractivity contribution in [1.82, 2.24) is 4.98 Å². The Hall–Kier alpha value is -7.09. The number of aromatic nitrogens is 1. The molecule has 12 heteroatoms. The summed E-state index contributed by atoms with van der Waals surface area (Å²) in [6.45, 7) is 12.0. The summed E-state index contributed by atoms with van der Waals surface area (Å²) < 4.78 is 0. The molecule has 73 heavy (non-hydrogen) atoms. The van der Waals surface area contributed by atoms with Crippen molar-refractivity contribution in [2.75, 3.05) is 0 Å². The lowest BCUT2D eigenvalue weighted by Crippen LogP contribution is -1.99. The normalized spacial score (nSPS) is 12.1. The minimum atomic E-state index is -0.00484. The number of hydrogen-bond acceptors (Lipinski definition) is 12. The number of carbonyl (C=O) groups is 1. The summed E-state index contributed by atoms with van der Waals surface area (Å²) in [6.07, 6.45) is 4.36. The molecule has 9 rings (SSSR count). The summed E-state index contributed by atoms with van der Waals surface area (Å²) >= 11 is 6.49. The standard InChI is InChI=1S/C22H20O3S.C20H19NO2S.C19H18O2S2/c1-14-11-20(26-19-9-7-18(24)8-10-19)12-21(22(14)25)15(2)17-5-3-16(13-23)4-6-17;1-13-11-18(24-17-5-3-16(22)4-6-17)12-19(20(13)23)14(2)15-7-9-21-10-8-15;1-12-9-17(23-16-5-3-15(20)4-6-16)10-18(19(12)21)13(2)14-7-8-22-11-14/h3-13,15,24-25H,1-2H3;3-12,14,22-23H,1-2H3;3-11,13,20-21H,1-2H3. The van der Waals surface area contributed by atoms with Crippen LogP contribution in [0.5, 0.6) is 34.5 Å². The largest absolute Gasteiger partial charge is 0.508 e.